The van der Waals surface area contributed by atoms with Gasteiger partial charge in [0.2, 0.25) is 5.96 Å². The number of hydrogen-bond acceptors (Lipinski definition) is 7. The predicted molar refractivity (Wildman–Crippen MR) is 117 cm³/mol. The van der Waals surface area contributed by atoms with Crippen molar-refractivity contribution in [3.63, 3.8) is 0 Å². The second kappa shape index (κ2) is 7.66. The Kier molecular flexibility index (Phi) is 5.24. The molecule has 2 aliphatic rings. The molecule has 0 aliphatic carbocycles. The van der Waals surface area contributed by atoms with E-state index in [0.29, 0.717) is 25.2 Å². The van der Waals surface area contributed by atoms with Crippen LogP contribution in [0.15, 0.2) is 39.6 Å². The molecule has 0 atom stereocenters. The molecule has 3 N–H and O–H groups in total. The molecule has 0 saturated carbocycles. The van der Waals surface area contributed by atoms with Crippen molar-refractivity contribution in [2.45, 2.75) is 44.2 Å². The van der Waals surface area contributed by atoms with E-state index in [1.54, 1.807) is 37.8 Å². The van der Waals surface area contributed by atoms with E-state index in [-0.39, 0.29) is 11.6 Å². The van der Waals surface area contributed by atoms with Crippen LogP contribution in [0.3, 0.4) is 0 Å². The Hall–Kier alpha value is -3.34. The van der Waals surface area contributed by atoms with Gasteiger partial charge in [-0.15, -0.1) is 4.40 Å². The number of fused-ring (bicyclic) bond motifs is 2. The minimum Gasteiger partial charge on any atom is -0.506 e. The Morgan fingerprint density at radius 2 is 2.00 bits per heavy atom. The largest absolute Gasteiger partial charge is 0.506 e. The molecule has 0 spiro atoms. The number of amides is 1. The van der Waals surface area contributed by atoms with Gasteiger partial charge < -0.3 is 25.4 Å². The number of aromatic hydroxyl groups is 1. The van der Waals surface area contributed by atoms with Crippen molar-refractivity contribution in [2.75, 3.05) is 17.2 Å². The lowest BCUT2D eigenvalue weighted by Crippen LogP contribution is -2.39. The average Bonchev–Trinajstić information content (AvgIpc) is 2.67. The molecule has 0 bridgehead atoms. The zero-order valence-corrected chi connectivity index (χ0v) is 18.6. The SMILES string of the molecule is CC(C)(C)OC(=O)N1CCc2ccc(NC3=NS(=O)(=O)c4cc(F)cc(O)c4N3)cc2C1. The first-order chi connectivity index (χ1) is 14.9. The molecule has 1 amide bonds. The summed E-state index contributed by atoms with van der Waals surface area (Å²) in [5.74, 6) is -1.57. The normalized spacial score (nSPS) is 16.9. The first-order valence-corrected chi connectivity index (χ1v) is 11.4. The molecule has 2 aliphatic heterocycles. The molecule has 4 rings (SSSR count). The van der Waals surface area contributed by atoms with Gasteiger partial charge in [0, 0.05) is 24.8 Å². The Morgan fingerprint density at radius 3 is 2.72 bits per heavy atom. The van der Waals surface area contributed by atoms with Crippen molar-refractivity contribution in [3.8, 4) is 5.75 Å². The van der Waals surface area contributed by atoms with Gasteiger partial charge in [-0.3, -0.25) is 0 Å². The summed E-state index contributed by atoms with van der Waals surface area (Å²) in [6, 6.07) is 7.06. The Morgan fingerprint density at radius 1 is 1.25 bits per heavy atom. The number of benzene rings is 2. The third-order valence-corrected chi connectivity index (χ3v) is 6.21. The number of guanidine groups is 1. The molecule has 32 heavy (non-hydrogen) atoms. The quantitative estimate of drug-likeness (QED) is 0.556. The number of halogens is 1. The van der Waals surface area contributed by atoms with E-state index < -0.39 is 38.2 Å². The maximum absolute atomic E-state index is 13.5. The van der Waals surface area contributed by atoms with Gasteiger partial charge >= 0.3 is 6.09 Å². The molecule has 0 fully saturated rings. The summed E-state index contributed by atoms with van der Waals surface area (Å²) >= 11 is 0. The van der Waals surface area contributed by atoms with Crippen LogP contribution in [-0.4, -0.2) is 42.6 Å². The van der Waals surface area contributed by atoms with E-state index in [2.05, 4.69) is 15.0 Å². The summed E-state index contributed by atoms with van der Waals surface area (Å²) < 4.78 is 47.5. The van der Waals surface area contributed by atoms with Crippen LogP contribution in [0, 0.1) is 5.82 Å². The van der Waals surface area contributed by atoms with Crippen LogP contribution in [0.2, 0.25) is 0 Å². The van der Waals surface area contributed by atoms with Crippen LogP contribution >= 0.6 is 0 Å². The zero-order chi connectivity index (χ0) is 23.3. The zero-order valence-electron chi connectivity index (χ0n) is 17.8. The van der Waals surface area contributed by atoms with Crippen molar-refractivity contribution in [3.05, 3.63) is 47.3 Å². The van der Waals surface area contributed by atoms with Gasteiger partial charge in [0.05, 0.1) is 0 Å². The predicted octanol–water partition coefficient (Wildman–Crippen LogP) is 3.41. The van der Waals surface area contributed by atoms with E-state index in [1.807, 2.05) is 6.07 Å². The van der Waals surface area contributed by atoms with E-state index in [1.165, 1.54) is 0 Å². The van der Waals surface area contributed by atoms with Crippen molar-refractivity contribution >= 4 is 33.5 Å². The Balaban J connectivity index is 1.55. The number of phenols is 1. The summed E-state index contributed by atoms with van der Waals surface area (Å²) in [4.78, 5) is 13.6. The van der Waals surface area contributed by atoms with Crippen molar-refractivity contribution < 1.29 is 27.4 Å². The monoisotopic (exact) mass is 462 g/mol. The molecule has 0 aromatic heterocycles. The number of carbonyl (C=O) groups excluding carboxylic acids is 1. The number of phenolic OH excluding ortho intramolecular Hbond substituents is 1. The fourth-order valence-corrected chi connectivity index (χ4v) is 4.62. The van der Waals surface area contributed by atoms with E-state index in [9.17, 15) is 22.7 Å². The molecule has 9 nitrogen and oxygen atoms in total. The maximum atomic E-state index is 13.5. The average molecular weight is 463 g/mol. The minimum atomic E-state index is -4.22. The van der Waals surface area contributed by atoms with Crippen molar-refractivity contribution in [1.29, 1.82) is 0 Å². The molecule has 0 radical (unpaired) electrons. The fraction of sp³-hybridized carbons (Fsp3) is 0.333. The van der Waals surface area contributed by atoms with Gasteiger partial charge in [0.25, 0.3) is 10.0 Å². The molecule has 2 aromatic rings. The Labute approximate surface area is 185 Å². The van der Waals surface area contributed by atoms with Crippen LogP contribution < -0.4 is 10.6 Å². The van der Waals surface area contributed by atoms with Crippen molar-refractivity contribution in [2.24, 2.45) is 4.40 Å². The van der Waals surface area contributed by atoms with E-state index >= 15 is 0 Å². The highest BCUT2D eigenvalue weighted by Crippen LogP contribution is 2.36. The maximum Gasteiger partial charge on any atom is 0.410 e. The number of ether oxygens (including phenoxy) is 1. The van der Waals surface area contributed by atoms with Crippen LogP contribution in [-0.2, 0) is 27.7 Å². The first kappa shape index (κ1) is 21.9. The lowest BCUT2D eigenvalue weighted by molar-refractivity contribution is 0.0224. The summed E-state index contributed by atoms with van der Waals surface area (Å²) in [7, 11) is -4.22. The van der Waals surface area contributed by atoms with Crippen LogP contribution in [0.1, 0.15) is 31.9 Å². The Bertz CT molecular complexity index is 1240. The first-order valence-electron chi connectivity index (χ1n) is 9.92. The lowest BCUT2D eigenvalue weighted by Gasteiger charge is -2.31. The number of sulfonamides is 1. The second-order valence-electron chi connectivity index (χ2n) is 8.60. The number of anilines is 2. The third-order valence-electron chi connectivity index (χ3n) is 4.91. The van der Waals surface area contributed by atoms with Gasteiger partial charge in [0.1, 0.15) is 27.8 Å². The molecule has 0 saturated heterocycles. The molecule has 2 heterocycles. The third kappa shape index (κ3) is 4.47. The highest BCUT2D eigenvalue weighted by molar-refractivity contribution is 7.90. The number of rotatable bonds is 1. The van der Waals surface area contributed by atoms with E-state index in [4.69, 9.17) is 4.74 Å². The number of nitrogens with one attached hydrogen (secondary N) is 2. The fourth-order valence-electron chi connectivity index (χ4n) is 3.52. The minimum absolute atomic E-state index is 0.140. The van der Waals surface area contributed by atoms with Crippen LogP contribution in [0.5, 0.6) is 5.75 Å². The molecular weight excluding hydrogens is 439 g/mol. The summed E-state index contributed by atoms with van der Waals surface area (Å²) in [6.45, 7) is 6.30. The van der Waals surface area contributed by atoms with Gasteiger partial charge in [-0.05, 0) is 56.5 Å². The number of carbonyl (C=O) groups is 1. The number of hydrogen-bond donors (Lipinski definition) is 3. The highest BCUT2D eigenvalue weighted by atomic mass is 32.2. The second-order valence-corrected chi connectivity index (χ2v) is 10.2. The van der Waals surface area contributed by atoms with Crippen LogP contribution in [0.25, 0.3) is 0 Å². The smallest absolute Gasteiger partial charge is 0.410 e. The summed E-state index contributed by atoms with van der Waals surface area (Å²) in [5, 5.41) is 15.5. The van der Waals surface area contributed by atoms with E-state index in [0.717, 1.165) is 23.3 Å². The van der Waals surface area contributed by atoms with Gasteiger partial charge in [-0.25, -0.2) is 9.18 Å². The van der Waals surface area contributed by atoms with Gasteiger partial charge in [0.15, 0.2) is 0 Å². The molecule has 0 unspecified atom stereocenters. The molecule has 170 valence electrons. The summed E-state index contributed by atoms with van der Waals surface area (Å²) in [5.41, 5.74) is 1.73. The molecular formula is C21H23FN4O5S. The molecule has 2 aromatic carbocycles. The lowest BCUT2D eigenvalue weighted by atomic mass is 9.99. The van der Waals surface area contributed by atoms with Gasteiger partial charge in [-0.1, -0.05) is 6.07 Å². The topological polar surface area (TPSA) is 120 Å². The standard InChI is InChI=1S/C21H23FN4O5S/c1-21(2,3)31-20(28)26-7-6-12-4-5-15(8-13(12)11-26)23-19-24-18-16(27)9-14(22)10-17(18)32(29,30)25-19/h4-5,8-10,27H,6-7,11H2,1-3H3,(H2,23,24,25). The van der Waals surface area contributed by atoms with Gasteiger partial charge in [-0.2, -0.15) is 8.42 Å². The summed E-state index contributed by atoms with van der Waals surface area (Å²) in [6.07, 6.45) is 0.264. The molecule has 11 heteroatoms. The van der Waals surface area contributed by atoms with Crippen LogP contribution in [0.4, 0.5) is 20.6 Å². The van der Waals surface area contributed by atoms with Crippen molar-refractivity contribution in [1.82, 2.24) is 4.90 Å². The number of nitrogens with zero attached hydrogens (tertiary/aromatic N) is 2. The highest BCUT2D eigenvalue weighted by Gasteiger charge is 2.29.